The maximum Gasteiger partial charge on any atom is 0.164 e. The van der Waals surface area contributed by atoms with Gasteiger partial charge < -0.3 is 4.57 Å². The van der Waals surface area contributed by atoms with Crippen molar-refractivity contribution >= 4 is 53.7 Å². The highest BCUT2D eigenvalue weighted by Gasteiger charge is 2.45. The van der Waals surface area contributed by atoms with E-state index in [1.807, 2.05) is 60.7 Å². The molecule has 0 saturated carbocycles. The summed E-state index contributed by atoms with van der Waals surface area (Å²) in [6.45, 7) is 0. The van der Waals surface area contributed by atoms with Crippen LogP contribution in [0.2, 0.25) is 0 Å². The molecule has 2 aromatic heterocycles. The second-order valence-corrected chi connectivity index (χ2v) is 14.9. The fourth-order valence-electron chi connectivity index (χ4n) is 8.01. The highest BCUT2D eigenvalue weighted by molar-refractivity contribution is 9.10. The summed E-state index contributed by atoms with van der Waals surface area (Å²) in [6, 6.07) is 60.1. The molecule has 3 heterocycles. The van der Waals surface area contributed by atoms with Crippen molar-refractivity contribution in [3.8, 4) is 39.9 Å². The molecular formula is C46H28Br2N4. The van der Waals surface area contributed by atoms with E-state index in [4.69, 9.17) is 15.0 Å². The first-order valence-corrected chi connectivity index (χ1v) is 18.7. The van der Waals surface area contributed by atoms with Gasteiger partial charge in [0.15, 0.2) is 17.5 Å². The lowest BCUT2D eigenvalue weighted by atomic mass is 9.63. The molecule has 0 saturated heterocycles. The number of aromatic nitrogens is 4. The van der Waals surface area contributed by atoms with Crippen molar-refractivity contribution in [2.45, 2.75) is 5.41 Å². The van der Waals surface area contributed by atoms with Crippen LogP contribution in [-0.4, -0.2) is 19.5 Å². The number of hydrogen-bond donors (Lipinski definition) is 0. The van der Waals surface area contributed by atoms with Crippen molar-refractivity contribution in [2.24, 2.45) is 0 Å². The first-order valence-electron chi connectivity index (χ1n) is 17.2. The monoisotopic (exact) mass is 794 g/mol. The summed E-state index contributed by atoms with van der Waals surface area (Å²) < 4.78 is 4.52. The maximum absolute atomic E-state index is 5.15. The number of benzene rings is 7. The normalized spacial score (nSPS) is 13.0. The van der Waals surface area contributed by atoms with Crippen molar-refractivity contribution in [3.05, 3.63) is 201 Å². The van der Waals surface area contributed by atoms with Gasteiger partial charge >= 0.3 is 0 Å². The van der Waals surface area contributed by atoms with Gasteiger partial charge in [0.05, 0.1) is 22.1 Å². The quantitative estimate of drug-likeness (QED) is 0.174. The van der Waals surface area contributed by atoms with E-state index in [2.05, 4.69) is 146 Å². The number of rotatable bonds is 5. The van der Waals surface area contributed by atoms with Crippen LogP contribution in [0.15, 0.2) is 179 Å². The summed E-state index contributed by atoms with van der Waals surface area (Å²) in [5.41, 5.74) is 10.4. The Kier molecular flexibility index (Phi) is 7.31. The van der Waals surface area contributed by atoms with Crippen LogP contribution in [0.3, 0.4) is 0 Å². The lowest BCUT2D eigenvalue weighted by Gasteiger charge is -2.42. The van der Waals surface area contributed by atoms with Gasteiger partial charge in [0.25, 0.3) is 0 Å². The van der Waals surface area contributed by atoms with Crippen LogP contribution in [0.25, 0.3) is 61.7 Å². The van der Waals surface area contributed by atoms with Gasteiger partial charge in [0.2, 0.25) is 0 Å². The van der Waals surface area contributed by atoms with Crippen LogP contribution >= 0.6 is 31.9 Å². The number of halogens is 2. The first-order chi connectivity index (χ1) is 25.6. The van der Waals surface area contributed by atoms with E-state index in [0.717, 1.165) is 36.9 Å². The predicted octanol–water partition coefficient (Wildman–Crippen LogP) is 12.2. The Morgan fingerprint density at radius 3 is 1.54 bits per heavy atom. The van der Waals surface area contributed by atoms with E-state index >= 15 is 0 Å². The standard InChI is InChI=1S/C46H28Br2N4/c47-34-23-19-32(20-24-34)46(33-21-25-35(48)26-22-33)38-16-9-15-37-36-14-7-8-17-40(36)52(42(37)38)41-27-18-31(28-39(41)46)45-50-43(29-10-3-1-4-11-29)49-44(51-45)30-12-5-2-6-13-30/h1-28H. The molecule has 0 radical (unpaired) electrons. The molecule has 0 N–H and O–H groups in total. The highest BCUT2D eigenvalue weighted by Crippen LogP contribution is 2.55. The van der Waals surface area contributed by atoms with Crippen LogP contribution in [0.4, 0.5) is 0 Å². The fourth-order valence-corrected chi connectivity index (χ4v) is 8.54. The molecule has 0 unspecified atom stereocenters. The Bertz CT molecular complexity index is 2690. The Morgan fingerprint density at radius 2 is 0.942 bits per heavy atom. The number of para-hydroxylation sites is 2. The van der Waals surface area contributed by atoms with Gasteiger partial charge in [-0.05, 0) is 70.8 Å². The minimum Gasteiger partial charge on any atom is -0.309 e. The highest BCUT2D eigenvalue weighted by atomic mass is 79.9. The SMILES string of the molecule is Brc1ccc(C2(c3ccc(Br)cc3)c3cc(-c4nc(-c5ccccc5)nc(-c5ccccc5)n4)ccc3-n3c4ccccc4c4cccc2c43)cc1. The first kappa shape index (κ1) is 31.1. The van der Waals surface area contributed by atoms with Crippen LogP contribution in [0.1, 0.15) is 22.3 Å². The lowest BCUT2D eigenvalue weighted by molar-refractivity contribution is 0.727. The average molecular weight is 797 g/mol. The molecule has 1 aliphatic heterocycles. The minimum absolute atomic E-state index is 0.623. The Hall–Kier alpha value is -5.69. The second kappa shape index (κ2) is 12.2. The molecular weight excluding hydrogens is 768 g/mol. The third-order valence-corrected chi connectivity index (χ3v) is 11.3. The minimum atomic E-state index is -0.672. The molecule has 9 aromatic rings. The molecule has 0 atom stereocenters. The summed E-state index contributed by atoms with van der Waals surface area (Å²) >= 11 is 7.45. The Balaban J connectivity index is 1.33. The Morgan fingerprint density at radius 1 is 0.423 bits per heavy atom. The lowest BCUT2D eigenvalue weighted by Crippen LogP contribution is -2.35. The largest absolute Gasteiger partial charge is 0.309 e. The zero-order chi connectivity index (χ0) is 34.8. The van der Waals surface area contributed by atoms with Gasteiger partial charge in [-0.1, -0.05) is 153 Å². The molecule has 1 aliphatic rings. The Labute approximate surface area is 317 Å². The van der Waals surface area contributed by atoms with E-state index in [1.165, 1.54) is 38.5 Å². The van der Waals surface area contributed by atoms with Crippen LogP contribution in [-0.2, 0) is 5.41 Å². The smallest absolute Gasteiger partial charge is 0.164 e. The van der Waals surface area contributed by atoms with Crippen molar-refractivity contribution in [1.29, 1.82) is 0 Å². The van der Waals surface area contributed by atoms with Crippen molar-refractivity contribution < 1.29 is 0 Å². The number of fused-ring (bicyclic) bond motifs is 5. The third-order valence-electron chi connectivity index (χ3n) is 10.3. The molecule has 10 rings (SSSR count). The number of hydrogen-bond acceptors (Lipinski definition) is 3. The summed E-state index contributed by atoms with van der Waals surface area (Å²) in [5, 5.41) is 2.47. The zero-order valence-electron chi connectivity index (χ0n) is 27.7. The summed E-state index contributed by atoms with van der Waals surface area (Å²) in [4.78, 5) is 15.3. The van der Waals surface area contributed by atoms with Gasteiger partial charge in [-0.3, -0.25) is 0 Å². The van der Waals surface area contributed by atoms with Gasteiger partial charge in [-0.2, -0.15) is 0 Å². The molecule has 52 heavy (non-hydrogen) atoms. The topological polar surface area (TPSA) is 43.6 Å². The fraction of sp³-hybridized carbons (Fsp3) is 0.0217. The van der Waals surface area contributed by atoms with Crippen LogP contribution in [0, 0.1) is 0 Å². The van der Waals surface area contributed by atoms with Crippen molar-refractivity contribution in [2.75, 3.05) is 0 Å². The van der Waals surface area contributed by atoms with E-state index in [9.17, 15) is 0 Å². The van der Waals surface area contributed by atoms with E-state index in [1.54, 1.807) is 0 Å². The predicted molar refractivity (Wildman–Crippen MR) is 218 cm³/mol. The van der Waals surface area contributed by atoms with Gasteiger partial charge in [-0.15, -0.1) is 0 Å². The second-order valence-electron chi connectivity index (χ2n) is 13.1. The molecule has 0 bridgehead atoms. The average Bonchev–Trinajstić information content (AvgIpc) is 3.55. The third kappa shape index (κ3) is 4.75. The van der Waals surface area contributed by atoms with Gasteiger partial charge in [0.1, 0.15) is 0 Å². The molecule has 7 aromatic carbocycles. The number of nitrogens with zero attached hydrogens (tertiary/aromatic N) is 4. The van der Waals surface area contributed by atoms with E-state index < -0.39 is 5.41 Å². The van der Waals surface area contributed by atoms with Crippen LogP contribution < -0.4 is 0 Å². The zero-order valence-corrected chi connectivity index (χ0v) is 30.9. The van der Waals surface area contributed by atoms with Crippen molar-refractivity contribution in [3.63, 3.8) is 0 Å². The maximum atomic E-state index is 5.15. The molecule has 246 valence electrons. The van der Waals surface area contributed by atoms with E-state index in [-0.39, 0.29) is 0 Å². The van der Waals surface area contributed by atoms with Gasteiger partial charge in [0, 0.05) is 36.4 Å². The molecule has 4 nitrogen and oxygen atoms in total. The summed E-state index contributed by atoms with van der Waals surface area (Å²) in [7, 11) is 0. The summed E-state index contributed by atoms with van der Waals surface area (Å²) in [5.74, 6) is 1.90. The van der Waals surface area contributed by atoms with E-state index in [0.29, 0.717) is 17.5 Å². The van der Waals surface area contributed by atoms with Gasteiger partial charge in [-0.25, -0.2) is 15.0 Å². The summed E-state index contributed by atoms with van der Waals surface area (Å²) in [6.07, 6.45) is 0. The van der Waals surface area contributed by atoms with Crippen LogP contribution in [0.5, 0.6) is 0 Å². The molecule has 0 aliphatic carbocycles. The molecule has 0 amide bonds. The molecule has 0 fully saturated rings. The molecule has 6 heteroatoms. The van der Waals surface area contributed by atoms with Crippen molar-refractivity contribution in [1.82, 2.24) is 19.5 Å². The molecule has 0 spiro atoms.